The first-order chi connectivity index (χ1) is 14.8. The van der Waals surface area contributed by atoms with E-state index in [2.05, 4.69) is 0 Å². The smallest absolute Gasteiger partial charge is 0.300 e. The van der Waals surface area contributed by atoms with E-state index in [0.717, 1.165) is 17.7 Å². The summed E-state index contributed by atoms with van der Waals surface area (Å²) < 4.78 is 32.6. The number of ketones is 1. The van der Waals surface area contributed by atoms with Crippen LogP contribution in [0, 0.1) is 18.6 Å². The number of nitrogens with zero attached hydrogens (tertiary/aromatic N) is 1. The number of rotatable bonds is 4. The van der Waals surface area contributed by atoms with Gasteiger partial charge in [-0.15, -0.1) is 11.3 Å². The van der Waals surface area contributed by atoms with E-state index in [4.69, 9.17) is 4.74 Å². The number of carbonyl (C=O) groups is 2. The highest BCUT2D eigenvalue weighted by Gasteiger charge is 2.48. The highest BCUT2D eigenvalue weighted by Crippen LogP contribution is 2.45. The lowest BCUT2D eigenvalue weighted by Crippen LogP contribution is -2.29. The Balaban J connectivity index is 1.98. The fourth-order valence-electron chi connectivity index (χ4n) is 3.62. The average Bonchev–Trinajstić information content (AvgIpc) is 3.29. The molecule has 0 spiro atoms. The third-order valence-corrected chi connectivity index (χ3v) is 6.19. The molecule has 4 rings (SSSR count). The second-order valence-corrected chi connectivity index (χ2v) is 7.91. The number of aliphatic hydroxyl groups is 1. The number of aryl methyl sites for hydroxylation is 1. The van der Waals surface area contributed by atoms with Crippen molar-refractivity contribution in [2.24, 2.45) is 0 Å². The maximum absolute atomic E-state index is 13.9. The summed E-state index contributed by atoms with van der Waals surface area (Å²) in [7, 11) is 1.35. The molecule has 0 saturated carbocycles. The van der Waals surface area contributed by atoms with Crippen LogP contribution in [0.4, 0.5) is 14.5 Å². The molecule has 1 amide bonds. The number of halogens is 2. The average molecular weight is 441 g/mol. The van der Waals surface area contributed by atoms with Gasteiger partial charge in [0.25, 0.3) is 11.7 Å². The van der Waals surface area contributed by atoms with Crippen LogP contribution in [0.25, 0.3) is 5.76 Å². The van der Waals surface area contributed by atoms with Crippen molar-refractivity contribution in [2.45, 2.75) is 13.0 Å². The molecule has 0 radical (unpaired) electrons. The number of ether oxygens (including phenoxy) is 1. The molecule has 8 heteroatoms. The van der Waals surface area contributed by atoms with E-state index in [0.29, 0.717) is 10.6 Å². The highest BCUT2D eigenvalue weighted by atomic mass is 32.1. The van der Waals surface area contributed by atoms with Crippen molar-refractivity contribution in [3.8, 4) is 5.75 Å². The normalized spacial score (nSPS) is 17.9. The van der Waals surface area contributed by atoms with Gasteiger partial charge in [-0.3, -0.25) is 14.5 Å². The Morgan fingerprint density at radius 3 is 2.35 bits per heavy atom. The lowest BCUT2D eigenvalue weighted by molar-refractivity contribution is -0.132. The van der Waals surface area contributed by atoms with E-state index in [-0.39, 0.29) is 16.9 Å². The first-order valence-corrected chi connectivity index (χ1v) is 10.2. The van der Waals surface area contributed by atoms with Gasteiger partial charge in [0.2, 0.25) is 0 Å². The minimum absolute atomic E-state index is 0.0428. The number of amides is 1. The van der Waals surface area contributed by atoms with E-state index < -0.39 is 35.1 Å². The second kappa shape index (κ2) is 7.96. The lowest BCUT2D eigenvalue weighted by atomic mass is 9.97. The Labute approximate surface area is 180 Å². The van der Waals surface area contributed by atoms with Crippen molar-refractivity contribution in [3.63, 3.8) is 0 Å². The molecule has 1 aromatic heterocycles. The summed E-state index contributed by atoms with van der Waals surface area (Å²) in [5.41, 5.74) is 0.871. The summed E-state index contributed by atoms with van der Waals surface area (Å²) in [6.07, 6.45) is 0. The molecule has 2 aromatic carbocycles. The Kier molecular flexibility index (Phi) is 5.32. The summed E-state index contributed by atoms with van der Waals surface area (Å²) in [6, 6.07) is 9.53. The quantitative estimate of drug-likeness (QED) is 0.353. The largest absolute Gasteiger partial charge is 0.507 e. The van der Waals surface area contributed by atoms with Gasteiger partial charge in [-0.1, -0.05) is 0 Å². The summed E-state index contributed by atoms with van der Waals surface area (Å²) in [6.45, 7) is 1.82. The molecule has 158 valence electrons. The molecular formula is C23H17F2NO4S. The standard InChI is InChI=1S/C23H17F2NO4S/c1-12-9-10-31-22(12)19-18(20(27)16-11-14(25)5-8-17(16)30-2)21(28)23(29)26(19)15-6-3-13(24)4-7-15/h3-11,19,27H,1-2H3/b20-18+. The van der Waals surface area contributed by atoms with E-state index in [1.165, 1.54) is 53.7 Å². The third-order valence-electron chi connectivity index (χ3n) is 5.12. The van der Waals surface area contributed by atoms with E-state index in [1.807, 2.05) is 13.0 Å². The van der Waals surface area contributed by atoms with Crippen molar-refractivity contribution in [1.82, 2.24) is 0 Å². The molecule has 1 fully saturated rings. The summed E-state index contributed by atoms with van der Waals surface area (Å²) in [4.78, 5) is 27.9. The summed E-state index contributed by atoms with van der Waals surface area (Å²) >= 11 is 1.31. The van der Waals surface area contributed by atoms with Crippen LogP contribution in [-0.2, 0) is 9.59 Å². The maximum Gasteiger partial charge on any atom is 0.300 e. The van der Waals surface area contributed by atoms with Gasteiger partial charge >= 0.3 is 0 Å². The topological polar surface area (TPSA) is 66.8 Å². The van der Waals surface area contributed by atoms with Gasteiger partial charge in [0.15, 0.2) is 0 Å². The molecule has 31 heavy (non-hydrogen) atoms. The van der Waals surface area contributed by atoms with Crippen molar-refractivity contribution >= 4 is 34.5 Å². The van der Waals surface area contributed by atoms with Crippen LogP contribution in [0.3, 0.4) is 0 Å². The molecule has 0 bridgehead atoms. The number of aliphatic hydroxyl groups excluding tert-OH is 1. The van der Waals surface area contributed by atoms with Gasteiger partial charge in [0.05, 0.1) is 18.2 Å². The minimum Gasteiger partial charge on any atom is -0.507 e. The summed E-state index contributed by atoms with van der Waals surface area (Å²) in [5, 5.41) is 12.9. The molecular weight excluding hydrogens is 424 g/mol. The van der Waals surface area contributed by atoms with Crippen molar-refractivity contribution in [2.75, 3.05) is 12.0 Å². The number of benzene rings is 2. The molecule has 3 aromatic rings. The van der Waals surface area contributed by atoms with Gasteiger partial charge in [-0.05, 0) is 66.4 Å². The second-order valence-electron chi connectivity index (χ2n) is 6.96. The van der Waals surface area contributed by atoms with Gasteiger partial charge in [-0.25, -0.2) is 8.78 Å². The molecule has 1 saturated heterocycles. The van der Waals surface area contributed by atoms with Crippen LogP contribution in [0.15, 0.2) is 59.5 Å². The van der Waals surface area contributed by atoms with Crippen LogP contribution < -0.4 is 9.64 Å². The molecule has 1 aliphatic heterocycles. The van der Waals surface area contributed by atoms with Gasteiger partial charge < -0.3 is 9.84 Å². The highest BCUT2D eigenvalue weighted by molar-refractivity contribution is 7.10. The monoisotopic (exact) mass is 441 g/mol. The first kappa shape index (κ1) is 20.7. The number of hydrogen-bond acceptors (Lipinski definition) is 5. The molecule has 1 unspecified atom stereocenters. The number of carbonyl (C=O) groups excluding carboxylic acids is 2. The minimum atomic E-state index is -0.960. The fourth-order valence-corrected chi connectivity index (χ4v) is 4.65. The molecule has 0 aliphatic carbocycles. The first-order valence-electron chi connectivity index (χ1n) is 9.28. The molecule has 1 aliphatic rings. The van der Waals surface area contributed by atoms with E-state index in [1.54, 1.807) is 5.38 Å². The van der Waals surface area contributed by atoms with Crippen LogP contribution in [-0.4, -0.2) is 23.9 Å². The zero-order chi connectivity index (χ0) is 22.3. The van der Waals surface area contributed by atoms with Crippen LogP contribution in [0.5, 0.6) is 5.75 Å². The Morgan fingerprint density at radius 1 is 1.06 bits per heavy atom. The number of hydrogen-bond donors (Lipinski definition) is 1. The SMILES string of the molecule is COc1ccc(F)cc1/C(O)=C1\C(=O)C(=O)N(c2ccc(F)cc2)C1c1sccc1C. The molecule has 1 atom stereocenters. The Hall–Kier alpha value is -3.52. The van der Waals surface area contributed by atoms with Crippen LogP contribution in [0.2, 0.25) is 0 Å². The lowest BCUT2D eigenvalue weighted by Gasteiger charge is -2.25. The Bertz CT molecular complexity index is 1220. The summed E-state index contributed by atoms with van der Waals surface area (Å²) in [5.74, 6) is -3.33. The van der Waals surface area contributed by atoms with E-state index >= 15 is 0 Å². The molecule has 1 N–H and O–H groups in total. The molecule has 2 heterocycles. The maximum atomic E-state index is 13.9. The number of Topliss-reactive ketones (excluding diaryl/α,β-unsaturated/α-hetero) is 1. The Morgan fingerprint density at radius 2 is 1.74 bits per heavy atom. The number of anilines is 1. The van der Waals surface area contributed by atoms with Gasteiger partial charge in [0.1, 0.15) is 29.2 Å². The van der Waals surface area contributed by atoms with Crippen molar-refractivity contribution in [3.05, 3.63) is 87.1 Å². The predicted molar refractivity (Wildman–Crippen MR) is 113 cm³/mol. The predicted octanol–water partition coefficient (Wildman–Crippen LogP) is 4.97. The van der Waals surface area contributed by atoms with Crippen molar-refractivity contribution in [1.29, 1.82) is 0 Å². The van der Waals surface area contributed by atoms with Crippen LogP contribution >= 0.6 is 11.3 Å². The van der Waals surface area contributed by atoms with E-state index in [9.17, 15) is 23.5 Å². The zero-order valence-corrected chi connectivity index (χ0v) is 17.4. The number of thiophene rings is 1. The van der Waals surface area contributed by atoms with Gasteiger partial charge in [-0.2, -0.15) is 0 Å². The molecule has 5 nitrogen and oxygen atoms in total. The van der Waals surface area contributed by atoms with Gasteiger partial charge in [0, 0.05) is 10.6 Å². The third kappa shape index (κ3) is 3.48. The number of methoxy groups -OCH3 is 1. The fraction of sp³-hybridized carbons (Fsp3) is 0.130. The van der Waals surface area contributed by atoms with Crippen LogP contribution in [0.1, 0.15) is 22.0 Å². The van der Waals surface area contributed by atoms with Crippen molar-refractivity contribution < 1.29 is 28.2 Å². The zero-order valence-electron chi connectivity index (χ0n) is 16.6.